The quantitative estimate of drug-likeness (QED) is 0.548. The van der Waals surface area contributed by atoms with E-state index in [-0.39, 0.29) is 11.9 Å². The molecule has 1 aliphatic rings. The zero-order chi connectivity index (χ0) is 11.3. The molecule has 1 amide bonds. The number of allylic oxidation sites excluding steroid dienone is 1. The number of carbonyl (C=O) groups is 2. The molecule has 0 bridgehead atoms. The fourth-order valence-electron chi connectivity index (χ4n) is 1.78. The molecule has 1 fully saturated rings. The molecular weight excluding hydrogens is 194 g/mol. The van der Waals surface area contributed by atoms with Crippen molar-refractivity contribution in [3.05, 3.63) is 12.7 Å². The van der Waals surface area contributed by atoms with E-state index in [9.17, 15) is 9.59 Å². The van der Waals surface area contributed by atoms with Crippen molar-refractivity contribution in [1.29, 1.82) is 0 Å². The summed E-state index contributed by atoms with van der Waals surface area (Å²) in [5.74, 6) is -0.398. The van der Waals surface area contributed by atoms with Crippen LogP contribution in [0.4, 0.5) is 0 Å². The summed E-state index contributed by atoms with van der Waals surface area (Å²) in [7, 11) is 0. The van der Waals surface area contributed by atoms with Crippen molar-refractivity contribution in [2.24, 2.45) is 0 Å². The number of hydrogen-bond donors (Lipinski definition) is 1. The largest absolute Gasteiger partial charge is 0.464 e. The van der Waals surface area contributed by atoms with Gasteiger partial charge in [0.15, 0.2) is 0 Å². The van der Waals surface area contributed by atoms with Gasteiger partial charge in [0, 0.05) is 6.42 Å². The van der Waals surface area contributed by atoms with Crippen LogP contribution in [0.3, 0.4) is 0 Å². The molecule has 1 rings (SSSR count). The molecule has 1 saturated heterocycles. The normalized spacial score (nSPS) is 24.7. The van der Waals surface area contributed by atoms with Crippen LogP contribution in [0.15, 0.2) is 12.7 Å². The maximum Gasteiger partial charge on any atom is 0.331 e. The second-order valence-corrected chi connectivity index (χ2v) is 3.68. The van der Waals surface area contributed by atoms with Gasteiger partial charge in [0.2, 0.25) is 5.91 Å². The van der Waals surface area contributed by atoms with Gasteiger partial charge < -0.3 is 10.1 Å². The smallest absolute Gasteiger partial charge is 0.331 e. The third-order valence-corrected chi connectivity index (χ3v) is 2.60. The lowest BCUT2D eigenvalue weighted by molar-refractivity contribution is -0.151. The van der Waals surface area contributed by atoms with E-state index < -0.39 is 5.54 Å². The van der Waals surface area contributed by atoms with Crippen molar-refractivity contribution < 1.29 is 14.3 Å². The summed E-state index contributed by atoms with van der Waals surface area (Å²) in [6, 6.07) is 0. The van der Waals surface area contributed by atoms with Gasteiger partial charge >= 0.3 is 5.97 Å². The number of rotatable bonds is 5. The predicted molar refractivity (Wildman–Crippen MR) is 56.2 cm³/mol. The average Bonchev–Trinajstić information content (AvgIpc) is 2.59. The summed E-state index contributed by atoms with van der Waals surface area (Å²) in [5.41, 5.74) is -0.804. The standard InChI is InChI=1S/C11H17NO3/c1-3-5-7-11(10(14)15-4-2)8-6-9(13)12-11/h3H,1,4-8H2,2H3,(H,12,13)/t11-/m0/s1. The molecule has 1 aliphatic heterocycles. The Morgan fingerprint density at radius 2 is 2.47 bits per heavy atom. The van der Waals surface area contributed by atoms with Crippen LogP contribution in [0.5, 0.6) is 0 Å². The van der Waals surface area contributed by atoms with Gasteiger partial charge in [-0.3, -0.25) is 4.79 Å². The molecule has 1 atom stereocenters. The van der Waals surface area contributed by atoms with Gasteiger partial charge in [0.05, 0.1) is 6.61 Å². The van der Waals surface area contributed by atoms with E-state index in [2.05, 4.69) is 11.9 Å². The maximum atomic E-state index is 11.7. The molecule has 0 aromatic heterocycles. The van der Waals surface area contributed by atoms with Gasteiger partial charge in [-0.05, 0) is 26.2 Å². The number of amides is 1. The highest BCUT2D eigenvalue weighted by molar-refractivity contribution is 5.91. The Morgan fingerprint density at radius 3 is 2.93 bits per heavy atom. The van der Waals surface area contributed by atoms with Crippen molar-refractivity contribution in [3.63, 3.8) is 0 Å². The van der Waals surface area contributed by atoms with Gasteiger partial charge in [-0.1, -0.05) is 6.08 Å². The van der Waals surface area contributed by atoms with Crippen molar-refractivity contribution in [3.8, 4) is 0 Å². The molecule has 15 heavy (non-hydrogen) atoms. The first-order chi connectivity index (χ1) is 7.14. The first-order valence-corrected chi connectivity index (χ1v) is 5.24. The fraction of sp³-hybridized carbons (Fsp3) is 0.636. The predicted octanol–water partition coefficient (Wildman–Crippen LogP) is 1.16. The fourth-order valence-corrected chi connectivity index (χ4v) is 1.78. The Kier molecular flexibility index (Phi) is 3.88. The van der Waals surface area contributed by atoms with Crippen molar-refractivity contribution >= 4 is 11.9 Å². The molecular formula is C11H17NO3. The Hall–Kier alpha value is -1.32. The summed E-state index contributed by atoms with van der Waals surface area (Å²) >= 11 is 0. The molecule has 0 aliphatic carbocycles. The number of ether oxygens (including phenoxy) is 1. The lowest BCUT2D eigenvalue weighted by atomic mass is 9.92. The number of nitrogens with one attached hydrogen (secondary N) is 1. The third-order valence-electron chi connectivity index (χ3n) is 2.60. The zero-order valence-electron chi connectivity index (χ0n) is 9.04. The van der Waals surface area contributed by atoms with E-state index >= 15 is 0 Å². The molecule has 4 heteroatoms. The Morgan fingerprint density at radius 1 is 1.73 bits per heavy atom. The molecule has 0 saturated carbocycles. The molecule has 1 N–H and O–H groups in total. The van der Waals surface area contributed by atoms with E-state index in [1.54, 1.807) is 13.0 Å². The van der Waals surface area contributed by atoms with Crippen molar-refractivity contribution in [2.75, 3.05) is 6.61 Å². The minimum Gasteiger partial charge on any atom is -0.464 e. The van der Waals surface area contributed by atoms with E-state index in [0.29, 0.717) is 32.3 Å². The van der Waals surface area contributed by atoms with Gasteiger partial charge in [0.1, 0.15) is 5.54 Å². The van der Waals surface area contributed by atoms with Gasteiger partial charge in [0.25, 0.3) is 0 Å². The summed E-state index contributed by atoms with van der Waals surface area (Å²) in [6.07, 6.45) is 3.93. The highest BCUT2D eigenvalue weighted by Crippen LogP contribution is 2.27. The molecule has 4 nitrogen and oxygen atoms in total. The van der Waals surface area contributed by atoms with Crippen LogP contribution >= 0.6 is 0 Å². The highest BCUT2D eigenvalue weighted by Gasteiger charge is 2.44. The second kappa shape index (κ2) is 4.96. The zero-order valence-corrected chi connectivity index (χ0v) is 9.04. The summed E-state index contributed by atoms with van der Waals surface area (Å²) in [4.78, 5) is 22.9. The summed E-state index contributed by atoms with van der Waals surface area (Å²) in [5, 5.41) is 2.73. The Bertz CT molecular complexity index is 275. The van der Waals surface area contributed by atoms with E-state index in [1.807, 2.05) is 0 Å². The Balaban J connectivity index is 2.72. The highest BCUT2D eigenvalue weighted by atomic mass is 16.5. The first-order valence-electron chi connectivity index (χ1n) is 5.24. The summed E-state index contributed by atoms with van der Waals surface area (Å²) in [6.45, 7) is 5.71. The van der Waals surface area contributed by atoms with Crippen molar-refractivity contribution in [2.45, 2.75) is 38.1 Å². The van der Waals surface area contributed by atoms with Crippen LogP contribution in [0.25, 0.3) is 0 Å². The number of carbonyl (C=O) groups excluding carboxylic acids is 2. The molecule has 84 valence electrons. The summed E-state index contributed by atoms with van der Waals surface area (Å²) < 4.78 is 4.99. The van der Waals surface area contributed by atoms with Crippen LogP contribution in [0.2, 0.25) is 0 Å². The van der Waals surface area contributed by atoms with Gasteiger partial charge in [-0.25, -0.2) is 4.79 Å². The monoisotopic (exact) mass is 211 g/mol. The van der Waals surface area contributed by atoms with E-state index in [0.717, 1.165) is 0 Å². The van der Waals surface area contributed by atoms with Gasteiger partial charge in [-0.15, -0.1) is 6.58 Å². The Labute approximate surface area is 89.7 Å². The lowest BCUT2D eigenvalue weighted by Crippen LogP contribution is -2.49. The molecule has 0 aromatic carbocycles. The first kappa shape index (κ1) is 11.8. The van der Waals surface area contributed by atoms with E-state index in [1.165, 1.54) is 0 Å². The van der Waals surface area contributed by atoms with Crippen molar-refractivity contribution in [1.82, 2.24) is 5.32 Å². The van der Waals surface area contributed by atoms with Crippen LogP contribution in [-0.4, -0.2) is 24.0 Å². The average molecular weight is 211 g/mol. The molecule has 0 spiro atoms. The molecule has 0 radical (unpaired) electrons. The minimum atomic E-state index is -0.804. The topological polar surface area (TPSA) is 55.4 Å². The molecule has 0 aromatic rings. The third kappa shape index (κ3) is 2.58. The minimum absolute atomic E-state index is 0.0767. The number of esters is 1. The number of hydrogen-bond acceptors (Lipinski definition) is 3. The lowest BCUT2D eigenvalue weighted by Gasteiger charge is -2.25. The van der Waals surface area contributed by atoms with E-state index in [4.69, 9.17) is 4.74 Å². The molecule has 0 unspecified atom stereocenters. The van der Waals surface area contributed by atoms with Gasteiger partial charge in [-0.2, -0.15) is 0 Å². The second-order valence-electron chi connectivity index (χ2n) is 3.68. The molecule has 1 heterocycles. The SMILES string of the molecule is C=CCC[C@@]1(C(=O)OCC)CCC(=O)N1. The maximum absolute atomic E-state index is 11.7. The van der Waals surface area contributed by atoms with Crippen LogP contribution in [-0.2, 0) is 14.3 Å². The van der Waals surface area contributed by atoms with Crippen LogP contribution in [0, 0.1) is 0 Å². The van der Waals surface area contributed by atoms with Crippen LogP contribution < -0.4 is 5.32 Å². The van der Waals surface area contributed by atoms with Crippen LogP contribution in [0.1, 0.15) is 32.6 Å².